The van der Waals surface area contributed by atoms with Crippen LogP contribution in [0.2, 0.25) is 0 Å². The van der Waals surface area contributed by atoms with Crippen LogP contribution in [0.25, 0.3) is 0 Å². The van der Waals surface area contributed by atoms with Crippen LogP contribution in [0.3, 0.4) is 0 Å². The summed E-state index contributed by atoms with van der Waals surface area (Å²) in [5.41, 5.74) is 3.61. The Morgan fingerprint density at radius 1 is 1.05 bits per heavy atom. The molecule has 0 spiro atoms. The van der Waals surface area contributed by atoms with Crippen LogP contribution in [0.5, 0.6) is 0 Å². The van der Waals surface area contributed by atoms with Gasteiger partial charge in [-0.25, -0.2) is 9.97 Å². The number of aromatic nitrogens is 2. The molecule has 21 heavy (non-hydrogen) atoms. The zero-order chi connectivity index (χ0) is 15.1. The van der Waals surface area contributed by atoms with E-state index in [0.717, 1.165) is 37.7 Å². The van der Waals surface area contributed by atoms with Crippen molar-refractivity contribution in [2.45, 2.75) is 33.9 Å². The third-order valence-electron chi connectivity index (χ3n) is 3.57. The lowest BCUT2D eigenvalue weighted by Crippen LogP contribution is -2.22. The Bertz CT molecular complexity index is 564. The lowest BCUT2D eigenvalue weighted by Gasteiger charge is -2.18. The average Bonchev–Trinajstić information content (AvgIpc) is 2.51. The van der Waals surface area contributed by atoms with E-state index in [9.17, 15) is 0 Å². The molecule has 0 radical (unpaired) electrons. The van der Waals surface area contributed by atoms with Crippen molar-refractivity contribution in [2.24, 2.45) is 0 Å². The summed E-state index contributed by atoms with van der Waals surface area (Å²) in [6.07, 6.45) is 1.59. The number of anilines is 1. The number of rotatable bonds is 7. The van der Waals surface area contributed by atoms with E-state index in [1.54, 1.807) is 6.33 Å². The van der Waals surface area contributed by atoms with Crippen molar-refractivity contribution in [1.82, 2.24) is 14.9 Å². The maximum atomic E-state index is 4.22. The van der Waals surface area contributed by atoms with Crippen LogP contribution < -0.4 is 5.32 Å². The van der Waals surface area contributed by atoms with E-state index in [0.29, 0.717) is 0 Å². The van der Waals surface area contributed by atoms with E-state index < -0.39 is 0 Å². The molecule has 112 valence electrons. The van der Waals surface area contributed by atoms with Gasteiger partial charge in [0.25, 0.3) is 0 Å². The van der Waals surface area contributed by atoms with Gasteiger partial charge >= 0.3 is 0 Å². The quantitative estimate of drug-likeness (QED) is 0.847. The van der Waals surface area contributed by atoms with Crippen LogP contribution in [0.4, 0.5) is 5.82 Å². The van der Waals surface area contributed by atoms with Crippen molar-refractivity contribution in [3.8, 4) is 0 Å². The number of hydrogen-bond acceptors (Lipinski definition) is 4. The third kappa shape index (κ3) is 4.83. The molecule has 0 bridgehead atoms. The highest BCUT2D eigenvalue weighted by molar-refractivity contribution is 5.36. The molecule has 0 saturated carbocycles. The molecule has 1 aromatic carbocycles. The van der Waals surface area contributed by atoms with Crippen LogP contribution in [0, 0.1) is 6.92 Å². The molecule has 4 heteroatoms. The molecule has 1 aromatic heterocycles. The van der Waals surface area contributed by atoms with Gasteiger partial charge < -0.3 is 5.32 Å². The molecule has 0 saturated heterocycles. The highest BCUT2D eigenvalue weighted by Gasteiger charge is 2.02. The Balaban J connectivity index is 1.97. The molecule has 0 unspecified atom stereocenters. The lowest BCUT2D eigenvalue weighted by atomic mass is 10.1. The highest BCUT2D eigenvalue weighted by atomic mass is 15.1. The normalized spacial score (nSPS) is 10.9. The Hall–Kier alpha value is -1.94. The zero-order valence-electron chi connectivity index (χ0n) is 13.1. The fourth-order valence-electron chi connectivity index (χ4n) is 2.29. The first-order valence-corrected chi connectivity index (χ1v) is 7.54. The Kier molecular flexibility index (Phi) is 5.69. The summed E-state index contributed by atoms with van der Waals surface area (Å²) in [5, 5.41) is 3.35. The van der Waals surface area contributed by atoms with Crippen molar-refractivity contribution in [3.05, 3.63) is 53.5 Å². The van der Waals surface area contributed by atoms with Gasteiger partial charge in [0.1, 0.15) is 12.1 Å². The Morgan fingerprint density at radius 2 is 1.81 bits per heavy atom. The molecule has 0 aliphatic rings. The molecule has 4 nitrogen and oxygen atoms in total. The largest absolute Gasteiger partial charge is 0.366 e. The minimum absolute atomic E-state index is 0.780. The van der Waals surface area contributed by atoms with Crippen LogP contribution in [-0.4, -0.2) is 28.0 Å². The first-order chi connectivity index (χ1) is 10.2. The van der Waals surface area contributed by atoms with Crippen molar-refractivity contribution < 1.29 is 0 Å². The molecule has 0 aliphatic carbocycles. The molecular weight excluding hydrogens is 260 g/mol. The summed E-state index contributed by atoms with van der Waals surface area (Å²) in [4.78, 5) is 10.7. The zero-order valence-corrected chi connectivity index (χ0v) is 13.1. The highest BCUT2D eigenvalue weighted by Crippen LogP contribution is 2.11. The van der Waals surface area contributed by atoms with E-state index in [-0.39, 0.29) is 0 Å². The van der Waals surface area contributed by atoms with E-state index in [2.05, 4.69) is 58.3 Å². The lowest BCUT2D eigenvalue weighted by molar-refractivity contribution is 0.296. The fourth-order valence-corrected chi connectivity index (χ4v) is 2.29. The summed E-state index contributed by atoms with van der Waals surface area (Å²) in [6.45, 7) is 10.3. The Morgan fingerprint density at radius 3 is 2.52 bits per heavy atom. The molecule has 0 fully saturated rings. The Labute approximate surface area is 127 Å². The standard InChI is InChI=1S/C17H24N4/c1-4-21(5-2)12-16-8-6-7-15(10-16)11-18-17-9-14(3)19-13-20-17/h6-10,13H,4-5,11-12H2,1-3H3,(H,18,19,20). The van der Waals surface area contributed by atoms with Gasteiger partial charge in [-0.2, -0.15) is 0 Å². The minimum atomic E-state index is 0.780. The first-order valence-electron chi connectivity index (χ1n) is 7.54. The molecule has 2 aromatic rings. The van der Waals surface area contributed by atoms with Gasteiger partial charge in [-0.15, -0.1) is 0 Å². The van der Waals surface area contributed by atoms with Crippen molar-refractivity contribution in [1.29, 1.82) is 0 Å². The average molecular weight is 284 g/mol. The smallest absolute Gasteiger partial charge is 0.129 e. The molecule has 1 N–H and O–H groups in total. The second kappa shape index (κ2) is 7.74. The van der Waals surface area contributed by atoms with Crippen LogP contribution in [0.1, 0.15) is 30.7 Å². The third-order valence-corrected chi connectivity index (χ3v) is 3.57. The number of benzene rings is 1. The fraction of sp³-hybridized carbons (Fsp3) is 0.412. The summed E-state index contributed by atoms with van der Waals surface area (Å²) in [7, 11) is 0. The second-order valence-corrected chi connectivity index (χ2v) is 5.18. The monoisotopic (exact) mass is 284 g/mol. The molecule has 1 heterocycles. The van der Waals surface area contributed by atoms with Gasteiger partial charge in [0.15, 0.2) is 0 Å². The number of nitrogens with zero attached hydrogens (tertiary/aromatic N) is 3. The minimum Gasteiger partial charge on any atom is -0.366 e. The van der Waals surface area contributed by atoms with Crippen molar-refractivity contribution >= 4 is 5.82 Å². The molecular formula is C17H24N4. The maximum absolute atomic E-state index is 4.22. The molecule has 0 amide bonds. The van der Waals surface area contributed by atoms with Gasteiger partial charge in [0, 0.05) is 24.8 Å². The molecule has 0 atom stereocenters. The summed E-state index contributed by atoms with van der Waals surface area (Å²) in [6, 6.07) is 10.7. The van der Waals surface area contributed by atoms with Crippen molar-refractivity contribution in [3.63, 3.8) is 0 Å². The maximum Gasteiger partial charge on any atom is 0.129 e. The van der Waals surface area contributed by atoms with Crippen LogP contribution in [-0.2, 0) is 13.1 Å². The summed E-state index contributed by atoms with van der Waals surface area (Å²) < 4.78 is 0. The van der Waals surface area contributed by atoms with E-state index in [1.807, 2.05) is 13.0 Å². The summed E-state index contributed by atoms with van der Waals surface area (Å²) >= 11 is 0. The number of aryl methyl sites for hydroxylation is 1. The predicted molar refractivity (Wildman–Crippen MR) is 87.2 cm³/mol. The molecule has 0 aliphatic heterocycles. The number of nitrogens with one attached hydrogen (secondary N) is 1. The van der Waals surface area contributed by atoms with Gasteiger partial charge in [-0.3, -0.25) is 4.90 Å². The first kappa shape index (κ1) is 15.4. The topological polar surface area (TPSA) is 41.0 Å². The van der Waals surface area contributed by atoms with Gasteiger partial charge in [-0.05, 0) is 31.1 Å². The van der Waals surface area contributed by atoms with Gasteiger partial charge in [-0.1, -0.05) is 38.1 Å². The second-order valence-electron chi connectivity index (χ2n) is 5.18. The molecule has 2 rings (SSSR count). The van der Waals surface area contributed by atoms with Crippen molar-refractivity contribution in [2.75, 3.05) is 18.4 Å². The van der Waals surface area contributed by atoms with Gasteiger partial charge in [0.2, 0.25) is 0 Å². The van der Waals surface area contributed by atoms with E-state index in [4.69, 9.17) is 0 Å². The SMILES string of the molecule is CCN(CC)Cc1cccc(CNc2cc(C)ncn2)c1. The summed E-state index contributed by atoms with van der Waals surface area (Å²) in [5.74, 6) is 0.872. The van der Waals surface area contributed by atoms with E-state index >= 15 is 0 Å². The van der Waals surface area contributed by atoms with Crippen LogP contribution in [0.15, 0.2) is 36.7 Å². The predicted octanol–water partition coefficient (Wildman–Crippen LogP) is 3.24. The van der Waals surface area contributed by atoms with Crippen LogP contribution >= 0.6 is 0 Å². The van der Waals surface area contributed by atoms with E-state index in [1.165, 1.54) is 11.1 Å². The number of hydrogen-bond donors (Lipinski definition) is 1. The van der Waals surface area contributed by atoms with Gasteiger partial charge in [0.05, 0.1) is 0 Å².